The van der Waals surface area contributed by atoms with Crippen molar-refractivity contribution in [1.29, 1.82) is 0 Å². The molecule has 130 valence electrons. The molecular formula is C16H18N6OS2. The minimum atomic E-state index is -0.325. The molecule has 0 spiro atoms. The number of anilines is 1. The molecule has 3 rings (SSSR count). The predicted molar refractivity (Wildman–Crippen MR) is 99.8 cm³/mol. The summed E-state index contributed by atoms with van der Waals surface area (Å²) in [6.45, 7) is 5.76. The van der Waals surface area contributed by atoms with Crippen LogP contribution in [-0.2, 0) is 11.8 Å². The first kappa shape index (κ1) is 17.6. The number of thiazole rings is 1. The van der Waals surface area contributed by atoms with Crippen molar-refractivity contribution in [2.75, 3.05) is 5.32 Å². The highest BCUT2D eigenvalue weighted by molar-refractivity contribution is 8.00. The molecule has 7 nitrogen and oxygen atoms in total. The molecule has 3 aromatic rings. The fraction of sp³-hybridized carbons (Fsp3) is 0.312. The van der Waals surface area contributed by atoms with Crippen molar-refractivity contribution in [3.63, 3.8) is 0 Å². The minimum absolute atomic E-state index is 0.107. The Morgan fingerprint density at radius 3 is 2.80 bits per heavy atom. The maximum absolute atomic E-state index is 12.4. The molecule has 0 bridgehead atoms. The van der Waals surface area contributed by atoms with E-state index in [1.165, 1.54) is 23.1 Å². The number of nitrogens with zero attached hydrogens (tertiary/aromatic N) is 5. The lowest BCUT2D eigenvalue weighted by molar-refractivity contribution is -0.115. The molecule has 1 unspecified atom stereocenters. The fourth-order valence-electron chi connectivity index (χ4n) is 2.11. The van der Waals surface area contributed by atoms with E-state index in [9.17, 15) is 4.79 Å². The average molecular weight is 374 g/mol. The van der Waals surface area contributed by atoms with Gasteiger partial charge in [0.1, 0.15) is 0 Å². The summed E-state index contributed by atoms with van der Waals surface area (Å²) in [7, 11) is 1.88. The van der Waals surface area contributed by atoms with E-state index in [1.54, 1.807) is 12.4 Å². The second kappa shape index (κ2) is 7.32. The van der Waals surface area contributed by atoms with Gasteiger partial charge in [-0.1, -0.05) is 11.8 Å². The van der Waals surface area contributed by atoms with Crippen LogP contribution in [0.15, 0.2) is 29.7 Å². The zero-order valence-electron chi connectivity index (χ0n) is 14.3. The van der Waals surface area contributed by atoms with Crippen LogP contribution in [0.4, 0.5) is 5.13 Å². The number of hydrogen-bond donors (Lipinski definition) is 1. The quantitative estimate of drug-likeness (QED) is 0.691. The molecule has 1 atom stereocenters. The molecule has 0 aliphatic rings. The van der Waals surface area contributed by atoms with Gasteiger partial charge >= 0.3 is 0 Å². The Hall–Kier alpha value is -2.26. The van der Waals surface area contributed by atoms with Crippen molar-refractivity contribution in [3.8, 4) is 11.4 Å². The standard InChI is InChI=1S/C16H18N6OS2/c1-9-10(2)24-15(18-9)19-14(23)11(3)25-16-21-20-13(22(16)4)12-6-5-7-17-8-12/h5-8,11H,1-4H3,(H,18,19,23). The molecule has 0 aliphatic heterocycles. The minimum Gasteiger partial charge on any atom is -0.305 e. The van der Waals surface area contributed by atoms with Crippen LogP contribution in [0, 0.1) is 13.8 Å². The second-order valence-electron chi connectivity index (χ2n) is 5.52. The smallest absolute Gasteiger partial charge is 0.239 e. The predicted octanol–water partition coefficient (Wildman–Crippen LogP) is 3.07. The van der Waals surface area contributed by atoms with Gasteiger partial charge in [0.15, 0.2) is 16.1 Å². The Morgan fingerprint density at radius 1 is 1.36 bits per heavy atom. The van der Waals surface area contributed by atoms with Gasteiger partial charge in [-0.2, -0.15) is 0 Å². The molecule has 9 heteroatoms. The molecular weight excluding hydrogens is 356 g/mol. The summed E-state index contributed by atoms with van der Waals surface area (Å²) in [6.07, 6.45) is 3.45. The Kier molecular flexibility index (Phi) is 5.14. The van der Waals surface area contributed by atoms with Gasteiger partial charge in [-0.25, -0.2) is 4.98 Å². The molecule has 3 heterocycles. The molecule has 3 aromatic heterocycles. The number of aromatic nitrogens is 5. The Balaban J connectivity index is 1.69. The van der Waals surface area contributed by atoms with Crippen LogP contribution >= 0.6 is 23.1 Å². The van der Waals surface area contributed by atoms with Gasteiger partial charge in [-0.05, 0) is 32.9 Å². The van der Waals surface area contributed by atoms with Gasteiger partial charge in [0.25, 0.3) is 0 Å². The highest BCUT2D eigenvalue weighted by atomic mass is 32.2. The van der Waals surface area contributed by atoms with Crippen molar-refractivity contribution >= 4 is 34.1 Å². The zero-order valence-corrected chi connectivity index (χ0v) is 16.0. The second-order valence-corrected chi connectivity index (χ2v) is 8.03. The topological polar surface area (TPSA) is 85.6 Å². The lowest BCUT2D eigenvalue weighted by Crippen LogP contribution is -2.22. The molecule has 0 saturated heterocycles. The van der Waals surface area contributed by atoms with Gasteiger partial charge < -0.3 is 9.88 Å². The third-order valence-corrected chi connectivity index (χ3v) is 5.79. The van der Waals surface area contributed by atoms with E-state index in [4.69, 9.17) is 0 Å². The average Bonchev–Trinajstić information content (AvgIpc) is 3.11. The lowest BCUT2D eigenvalue weighted by atomic mass is 10.3. The number of rotatable bonds is 5. The van der Waals surface area contributed by atoms with E-state index in [2.05, 4.69) is 25.5 Å². The van der Waals surface area contributed by atoms with E-state index in [0.717, 1.165) is 22.0 Å². The van der Waals surface area contributed by atoms with Crippen LogP contribution in [0.1, 0.15) is 17.5 Å². The highest BCUT2D eigenvalue weighted by Gasteiger charge is 2.20. The van der Waals surface area contributed by atoms with Gasteiger partial charge in [-0.3, -0.25) is 9.78 Å². The molecule has 1 amide bonds. The molecule has 0 radical (unpaired) electrons. The number of aryl methyl sites for hydroxylation is 2. The summed E-state index contributed by atoms with van der Waals surface area (Å²) in [6, 6.07) is 3.78. The molecule has 0 aromatic carbocycles. The Labute approximate surface area is 153 Å². The first-order valence-electron chi connectivity index (χ1n) is 7.67. The summed E-state index contributed by atoms with van der Waals surface area (Å²) in [4.78, 5) is 21.9. The third-order valence-electron chi connectivity index (χ3n) is 3.66. The molecule has 0 saturated carbocycles. The first-order chi connectivity index (χ1) is 12.0. The summed E-state index contributed by atoms with van der Waals surface area (Å²) >= 11 is 2.84. The lowest BCUT2D eigenvalue weighted by Gasteiger charge is -2.10. The van der Waals surface area contributed by atoms with Gasteiger partial charge in [0, 0.05) is 29.9 Å². The van der Waals surface area contributed by atoms with Crippen molar-refractivity contribution < 1.29 is 4.79 Å². The van der Waals surface area contributed by atoms with Crippen molar-refractivity contribution in [2.24, 2.45) is 7.05 Å². The SMILES string of the molecule is Cc1nc(NC(=O)C(C)Sc2nnc(-c3cccnc3)n2C)sc1C. The Bertz CT molecular complexity index is 870. The molecule has 25 heavy (non-hydrogen) atoms. The van der Waals surface area contributed by atoms with Crippen LogP contribution in [0.3, 0.4) is 0 Å². The Morgan fingerprint density at radius 2 is 2.16 bits per heavy atom. The number of thioether (sulfide) groups is 1. The normalized spacial score (nSPS) is 12.2. The monoisotopic (exact) mass is 374 g/mol. The number of carbonyl (C=O) groups excluding carboxylic acids is 1. The van der Waals surface area contributed by atoms with Crippen molar-refractivity contribution in [2.45, 2.75) is 31.2 Å². The van der Waals surface area contributed by atoms with Crippen LogP contribution in [0.5, 0.6) is 0 Å². The van der Waals surface area contributed by atoms with Gasteiger partial charge in [-0.15, -0.1) is 21.5 Å². The third kappa shape index (κ3) is 3.88. The number of hydrogen-bond acceptors (Lipinski definition) is 7. The fourth-order valence-corrected chi connectivity index (χ4v) is 3.74. The van der Waals surface area contributed by atoms with E-state index in [0.29, 0.717) is 10.3 Å². The number of amides is 1. The first-order valence-corrected chi connectivity index (χ1v) is 9.36. The summed E-state index contributed by atoms with van der Waals surface area (Å²) < 4.78 is 1.86. The van der Waals surface area contributed by atoms with E-state index in [1.807, 2.05) is 44.5 Å². The number of carbonyl (C=O) groups is 1. The van der Waals surface area contributed by atoms with E-state index in [-0.39, 0.29) is 11.2 Å². The summed E-state index contributed by atoms with van der Waals surface area (Å²) in [5.74, 6) is 0.610. The molecule has 1 N–H and O–H groups in total. The van der Waals surface area contributed by atoms with Crippen LogP contribution < -0.4 is 5.32 Å². The van der Waals surface area contributed by atoms with Gasteiger partial charge in [0.2, 0.25) is 5.91 Å². The summed E-state index contributed by atoms with van der Waals surface area (Å²) in [5.41, 5.74) is 1.82. The van der Waals surface area contributed by atoms with Crippen molar-refractivity contribution in [1.82, 2.24) is 24.7 Å². The van der Waals surface area contributed by atoms with Crippen LogP contribution in [-0.4, -0.2) is 35.9 Å². The largest absolute Gasteiger partial charge is 0.305 e. The van der Waals surface area contributed by atoms with Crippen LogP contribution in [0.2, 0.25) is 0 Å². The zero-order chi connectivity index (χ0) is 18.0. The van der Waals surface area contributed by atoms with Crippen LogP contribution in [0.25, 0.3) is 11.4 Å². The van der Waals surface area contributed by atoms with E-state index >= 15 is 0 Å². The maximum atomic E-state index is 12.4. The van der Waals surface area contributed by atoms with E-state index < -0.39 is 0 Å². The summed E-state index contributed by atoms with van der Waals surface area (Å²) in [5, 5.41) is 12.2. The maximum Gasteiger partial charge on any atom is 0.239 e. The number of pyridine rings is 1. The van der Waals surface area contributed by atoms with Gasteiger partial charge in [0.05, 0.1) is 10.9 Å². The number of nitrogens with one attached hydrogen (secondary N) is 1. The molecule has 0 aliphatic carbocycles. The highest BCUT2D eigenvalue weighted by Crippen LogP contribution is 2.27. The molecule has 0 fully saturated rings. The van der Waals surface area contributed by atoms with Crippen molar-refractivity contribution in [3.05, 3.63) is 35.1 Å².